The SMILES string of the molecule is O=C(O)c1ccc2c3ccc(Cl)c4c(C(=O)Oc5ccccc5)ccc(c5ccc(Cl)c1c25)c43. The topological polar surface area (TPSA) is 63.6 Å². The normalized spacial score (nSPS) is 11.6. The number of carbonyl (C=O) groups excluding carboxylic acids is 1. The van der Waals surface area contributed by atoms with Gasteiger partial charge in [0.15, 0.2) is 0 Å². The number of benzene rings is 6. The second kappa shape index (κ2) is 7.59. The highest BCUT2D eigenvalue weighted by Gasteiger charge is 2.23. The third-order valence-electron chi connectivity index (χ3n) is 6.20. The highest BCUT2D eigenvalue weighted by atomic mass is 35.5. The van der Waals surface area contributed by atoms with Gasteiger partial charge >= 0.3 is 11.9 Å². The molecule has 0 aliphatic rings. The Balaban J connectivity index is 1.73. The summed E-state index contributed by atoms with van der Waals surface area (Å²) in [5.74, 6) is -1.11. The van der Waals surface area contributed by atoms with Crippen LogP contribution in [0.4, 0.5) is 0 Å². The Morgan fingerprint density at radius 3 is 1.59 bits per heavy atom. The van der Waals surface area contributed by atoms with Crippen LogP contribution in [0.15, 0.2) is 78.9 Å². The van der Waals surface area contributed by atoms with Gasteiger partial charge in [-0.3, -0.25) is 0 Å². The minimum atomic E-state index is -1.04. The van der Waals surface area contributed by atoms with E-state index in [2.05, 4.69) is 0 Å². The zero-order valence-electron chi connectivity index (χ0n) is 17.4. The summed E-state index contributed by atoms with van der Waals surface area (Å²) in [7, 11) is 0. The van der Waals surface area contributed by atoms with Crippen molar-refractivity contribution < 1.29 is 19.4 Å². The molecule has 164 valence electrons. The molecule has 0 saturated carbocycles. The Morgan fingerprint density at radius 2 is 1.06 bits per heavy atom. The lowest BCUT2D eigenvalue weighted by molar-refractivity contribution is 0.0696. The number of halogens is 2. The van der Waals surface area contributed by atoms with E-state index in [1.807, 2.05) is 24.3 Å². The van der Waals surface area contributed by atoms with E-state index < -0.39 is 11.9 Å². The number of carboxylic acids is 1. The molecule has 0 fully saturated rings. The molecule has 0 unspecified atom stereocenters. The van der Waals surface area contributed by atoms with Gasteiger partial charge in [0.25, 0.3) is 0 Å². The van der Waals surface area contributed by atoms with Crippen LogP contribution in [0.2, 0.25) is 10.0 Å². The number of carboxylic acid groups (broad SMARTS) is 1. The summed E-state index contributed by atoms with van der Waals surface area (Å²) in [5.41, 5.74) is 0.493. The van der Waals surface area contributed by atoms with E-state index in [-0.39, 0.29) is 5.56 Å². The van der Waals surface area contributed by atoms with Crippen LogP contribution in [0, 0.1) is 0 Å². The first kappa shape index (κ1) is 20.7. The maximum absolute atomic E-state index is 13.1. The van der Waals surface area contributed by atoms with Crippen LogP contribution in [-0.4, -0.2) is 17.0 Å². The third kappa shape index (κ3) is 2.93. The van der Waals surface area contributed by atoms with Gasteiger partial charge in [0.2, 0.25) is 0 Å². The maximum atomic E-state index is 13.1. The Bertz CT molecular complexity index is 1770. The second-order valence-corrected chi connectivity index (χ2v) is 8.83. The summed E-state index contributed by atoms with van der Waals surface area (Å²) in [4.78, 5) is 25.1. The van der Waals surface area contributed by atoms with Crippen LogP contribution < -0.4 is 4.74 Å². The standard InChI is InChI=1S/C28H14Cl2O4/c29-21-12-10-17-16-7-9-20(28(33)34-14-4-2-1-3-5-14)26-22(30)13-11-18(24(16)26)15-6-8-19(27(31)32)25(21)23(15)17/h1-13H,(H,31,32). The number of hydrogen-bond donors (Lipinski definition) is 1. The van der Waals surface area contributed by atoms with Crippen LogP contribution >= 0.6 is 23.2 Å². The van der Waals surface area contributed by atoms with Gasteiger partial charge < -0.3 is 9.84 Å². The number of fused-ring (bicyclic) bond motifs is 2. The van der Waals surface area contributed by atoms with E-state index in [1.54, 1.807) is 54.6 Å². The van der Waals surface area contributed by atoms with Crippen molar-refractivity contribution in [1.82, 2.24) is 0 Å². The minimum absolute atomic E-state index is 0.141. The van der Waals surface area contributed by atoms with Crippen LogP contribution in [-0.2, 0) is 0 Å². The minimum Gasteiger partial charge on any atom is -0.478 e. The predicted octanol–water partition coefficient (Wildman–Crippen LogP) is 7.96. The number of esters is 1. The molecule has 0 aromatic heterocycles. The Morgan fingerprint density at radius 1 is 0.588 bits per heavy atom. The average Bonchev–Trinajstić information content (AvgIpc) is 2.84. The van der Waals surface area contributed by atoms with E-state index in [0.29, 0.717) is 32.1 Å². The molecule has 6 aromatic carbocycles. The van der Waals surface area contributed by atoms with Gasteiger partial charge in [-0.1, -0.05) is 65.7 Å². The smallest absolute Gasteiger partial charge is 0.344 e. The first-order valence-electron chi connectivity index (χ1n) is 10.5. The molecule has 0 atom stereocenters. The van der Waals surface area contributed by atoms with E-state index in [1.165, 1.54) is 0 Å². The highest BCUT2D eigenvalue weighted by Crippen LogP contribution is 2.45. The van der Waals surface area contributed by atoms with Crippen LogP contribution in [0.25, 0.3) is 43.1 Å². The highest BCUT2D eigenvalue weighted by molar-refractivity contribution is 6.45. The molecule has 6 heteroatoms. The van der Waals surface area contributed by atoms with Gasteiger partial charge in [0, 0.05) is 20.8 Å². The molecule has 0 saturated heterocycles. The third-order valence-corrected chi connectivity index (χ3v) is 6.83. The van der Waals surface area contributed by atoms with Gasteiger partial charge in [-0.2, -0.15) is 0 Å². The Kier molecular flexibility index (Phi) is 4.63. The molecule has 6 aromatic rings. The monoisotopic (exact) mass is 484 g/mol. The largest absolute Gasteiger partial charge is 0.478 e. The van der Waals surface area contributed by atoms with E-state index in [9.17, 15) is 14.7 Å². The molecule has 34 heavy (non-hydrogen) atoms. The van der Waals surface area contributed by atoms with E-state index in [0.717, 1.165) is 32.3 Å². The van der Waals surface area contributed by atoms with Crippen molar-refractivity contribution in [1.29, 1.82) is 0 Å². The number of carbonyl (C=O) groups is 2. The number of rotatable bonds is 3. The number of hydrogen-bond acceptors (Lipinski definition) is 3. The lowest BCUT2D eigenvalue weighted by Crippen LogP contribution is -2.09. The summed E-state index contributed by atoms with van der Waals surface area (Å²) in [6, 6.07) is 23.0. The second-order valence-electron chi connectivity index (χ2n) is 8.02. The van der Waals surface area contributed by atoms with Gasteiger partial charge in [-0.05, 0) is 68.7 Å². The summed E-state index contributed by atoms with van der Waals surface area (Å²) in [5, 5.41) is 16.6. The Labute approximate surface area is 203 Å². The van der Waals surface area contributed by atoms with E-state index >= 15 is 0 Å². The summed E-state index contributed by atoms with van der Waals surface area (Å²) < 4.78 is 5.60. The molecule has 0 spiro atoms. The van der Waals surface area contributed by atoms with Crippen LogP contribution in [0.5, 0.6) is 5.75 Å². The predicted molar refractivity (Wildman–Crippen MR) is 136 cm³/mol. The fraction of sp³-hybridized carbons (Fsp3) is 0. The fourth-order valence-corrected chi connectivity index (χ4v) is 5.32. The average molecular weight is 485 g/mol. The molecule has 6 rings (SSSR count). The van der Waals surface area contributed by atoms with Gasteiger partial charge in [0.05, 0.1) is 11.1 Å². The van der Waals surface area contributed by atoms with Gasteiger partial charge in [-0.25, -0.2) is 9.59 Å². The summed E-state index contributed by atoms with van der Waals surface area (Å²) >= 11 is 13.1. The molecule has 4 nitrogen and oxygen atoms in total. The molecule has 0 aliphatic carbocycles. The zero-order valence-corrected chi connectivity index (χ0v) is 18.9. The fourth-order valence-electron chi connectivity index (χ4n) is 4.80. The van der Waals surface area contributed by atoms with Crippen molar-refractivity contribution in [3.8, 4) is 5.75 Å². The molecule has 0 aliphatic heterocycles. The zero-order chi connectivity index (χ0) is 23.6. The number of ether oxygens (including phenoxy) is 1. The van der Waals surface area contributed by atoms with Crippen molar-refractivity contribution in [2.45, 2.75) is 0 Å². The van der Waals surface area contributed by atoms with Crippen LogP contribution in [0.1, 0.15) is 20.7 Å². The number of para-hydroxylation sites is 1. The molecule has 0 bridgehead atoms. The molecule has 0 radical (unpaired) electrons. The quantitative estimate of drug-likeness (QED) is 0.120. The lowest BCUT2D eigenvalue weighted by atomic mass is 9.87. The van der Waals surface area contributed by atoms with Crippen molar-refractivity contribution in [2.24, 2.45) is 0 Å². The van der Waals surface area contributed by atoms with Crippen molar-refractivity contribution in [3.05, 3.63) is 100 Å². The maximum Gasteiger partial charge on any atom is 0.344 e. The first-order valence-corrected chi connectivity index (χ1v) is 11.2. The van der Waals surface area contributed by atoms with Crippen molar-refractivity contribution in [2.75, 3.05) is 0 Å². The molecule has 0 amide bonds. The molecule has 1 N–H and O–H groups in total. The van der Waals surface area contributed by atoms with Crippen molar-refractivity contribution >= 4 is 78.2 Å². The lowest BCUT2D eigenvalue weighted by Gasteiger charge is -2.18. The van der Waals surface area contributed by atoms with Gasteiger partial charge in [-0.15, -0.1) is 0 Å². The van der Waals surface area contributed by atoms with E-state index in [4.69, 9.17) is 27.9 Å². The Hall–Kier alpha value is -3.86. The number of aromatic carboxylic acids is 1. The first-order chi connectivity index (χ1) is 16.5. The summed E-state index contributed by atoms with van der Waals surface area (Å²) in [6.45, 7) is 0. The van der Waals surface area contributed by atoms with Gasteiger partial charge in [0.1, 0.15) is 5.75 Å². The molecular formula is C28H14Cl2O4. The van der Waals surface area contributed by atoms with Crippen LogP contribution in [0.3, 0.4) is 0 Å². The van der Waals surface area contributed by atoms with Crippen molar-refractivity contribution in [3.63, 3.8) is 0 Å². The summed E-state index contributed by atoms with van der Waals surface area (Å²) in [6.07, 6.45) is 0. The molecular weight excluding hydrogens is 471 g/mol. The molecule has 0 heterocycles.